The molecule has 1 amide bonds. The lowest BCUT2D eigenvalue weighted by atomic mass is 10.2. The Morgan fingerprint density at radius 3 is 2.93 bits per heavy atom. The summed E-state index contributed by atoms with van der Waals surface area (Å²) in [5.74, 6) is 0.104. The third-order valence-corrected chi connectivity index (χ3v) is 5.82. The lowest BCUT2D eigenvalue weighted by Gasteiger charge is -2.08. The van der Waals surface area contributed by atoms with Crippen molar-refractivity contribution in [3.63, 3.8) is 0 Å². The van der Waals surface area contributed by atoms with Crippen LogP contribution in [0, 0.1) is 10.1 Å². The molecule has 0 fully saturated rings. The Balaban J connectivity index is 1.67. The van der Waals surface area contributed by atoms with E-state index in [-0.39, 0.29) is 23.0 Å². The summed E-state index contributed by atoms with van der Waals surface area (Å²) in [6.45, 7) is 2.18. The molecule has 0 saturated heterocycles. The van der Waals surface area contributed by atoms with E-state index in [2.05, 4.69) is 10.3 Å². The van der Waals surface area contributed by atoms with Crippen LogP contribution in [-0.4, -0.2) is 28.2 Å². The molecule has 0 bridgehead atoms. The van der Waals surface area contributed by atoms with E-state index in [1.54, 1.807) is 25.1 Å². The Kier molecular flexibility index (Phi) is 6.15. The van der Waals surface area contributed by atoms with Crippen LogP contribution in [0.15, 0.2) is 40.7 Å². The molecule has 0 aliphatic carbocycles. The van der Waals surface area contributed by atoms with Crippen LogP contribution >= 0.6 is 34.7 Å². The highest BCUT2D eigenvalue weighted by Crippen LogP contribution is 2.32. The summed E-state index contributed by atoms with van der Waals surface area (Å²) in [4.78, 5) is 27.3. The zero-order valence-corrected chi connectivity index (χ0v) is 16.5. The summed E-state index contributed by atoms with van der Waals surface area (Å²) in [5, 5.41) is 14.4. The second-order valence-electron chi connectivity index (χ2n) is 5.30. The maximum absolute atomic E-state index is 12.2. The molecule has 1 aromatic heterocycles. The fraction of sp³-hybridized carbons (Fsp3) is 0.176. The average molecular weight is 424 g/mol. The van der Waals surface area contributed by atoms with E-state index in [1.807, 2.05) is 6.07 Å². The maximum Gasteiger partial charge on any atom is 0.296 e. The molecule has 0 spiro atoms. The van der Waals surface area contributed by atoms with Gasteiger partial charge in [0.15, 0.2) is 4.34 Å². The second kappa shape index (κ2) is 8.55. The molecule has 7 nitrogen and oxygen atoms in total. The van der Waals surface area contributed by atoms with Crippen molar-refractivity contribution in [3.05, 3.63) is 51.5 Å². The zero-order valence-electron chi connectivity index (χ0n) is 14.1. The number of nitrogens with zero attached hydrogens (tertiary/aromatic N) is 2. The number of amides is 1. The van der Waals surface area contributed by atoms with E-state index < -0.39 is 4.92 Å². The maximum atomic E-state index is 12.2. The first-order chi connectivity index (χ1) is 13.0. The Hall–Kier alpha value is -2.36. The van der Waals surface area contributed by atoms with Crippen molar-refractivity contribution in [3.8, 4) is 5.75 Å². The van der Waals surface area contributed by atoms with Gasteiger partial charge >= 0.3 is 0 Å². The molecule has 140 valence electrons. The van der Waals surface area contributed by atoms with E-state index in [0.29, 0.717) is 17.4 Å². The lowest BCUT2D eigenvalue weighted by Crippen LogP contribution is -2.15. The number of anilines is 1. The Morgan fingerprint density at radius 1 is 1.37 bits per heavy atom. The molecule has 0 aliphatic rings. The molecule has 0 aliphatic heterocycles. The summed E-state index contributed by atoms with van der Waals surface area (Å²) in [6.07, 6.45) is 0. The molecule has 1 N–H and O–H groups in total. The molecule has 2 aromatic carbocycles. The first-order valence-electron chi connectivity index (χ1n) is 7.86. The molecule has 0 saturated carbocycles. The number of thioether (sulfide) groups is 1. The molecular weight excluding hydrogens is 410 g/mol. The molecule has 27 heavy (non-hydrogen) atoms. The third kappa shape index (κ3) is 4.88. The summed E-state index contributed by atoms with van der Waals surface area (Å²) in [6, 6.07) is 9.77. The van der Waals surface area contributed by atoms with Gasteiger partial charge in [0.1, 0.15) is 11.4 Å². The van der Waals surface area contributed by atoms with Gasteiger partial charge in [0, 0.05) is 5.02 Å². The number of aromatic nitrogens is 1. The van der Waals surface area contributed by atoms with Crippen molar-refractivity contribution in [2.45, 2.75) is 11.3 Å². The van der Waals surface area contributed by atoms with Crippen molar-refractivity contribution in [2.75, 3.05) is 17.7 Å². The Labute approximate surface area is 167 Å². The minimum atomic E-state index is -0.553. The number of thiazole rings is 1. The molecule has 0 radical (unpaired) electrons. The highest BCUT2D eigenvalue weighted by atomic mass is 35.5. The smallest absolute Gasteiger partial charge is 0.296 e. The van der Waals surface area contributed by atoms with Crippen LogP contribution in [0.25, 0.3) is 10.2 Å². The van der Waals surface area contributed by atoms with Crippen LogP contribution in [0.5, 0.6) is 5.75 Å². The van der Waals surface area contributed by atoms with Crippen LogP contribution in [-0.2, 0) is 4.79 Å². The summed E-state index contributed by atoms with van der Waals surface area (Å²) in [7, 11) is 0. The van der Waals surface area contributed by atoms with E-state index in [0.717, 1.165) is 14.6 Å². The normalized spacial score (nSPS) is 10.7. The highest BCUT2D eigenvalue weighted by molar-refractivity contribution is 8.01. The third-order valence-electron chi connectivity index (χ3n) is 3.41. The van der Waals surface area contributed by atoms with Crippen molar-refractivity contribution < 1.29 is 14.5 Å². The van der Waals surface area contributed by atoms with Gasteiger partial charge in [-0.3, -0.25) is 14.9 Å². The topological polar surface area (TPSA) is 94.4 Å². The average Bonchev–Trinajstić information content (AvgIpc) is 3.03. The number of halogens is 1. The summed E-state index contributed by atoms with van der Waals surface area (Å²) < 4.78 is 6.96. The number of nitro groups is 1. The van der Waals surface area contributed by atoms with Gasteiger partial charge in [0.25, 0.3) is 5.69 Å². The van der Waals surface area contributed by atoms with Crippen LogP contribution in [0.2, 0.25) is 5.02 Å². The fourth-order valence-electron chi connectivity index (χ4n) is 2.28. The Morgan fingerprint density at radius 2 is 2.19 bits per heavy atom. The van der Waals surface area contributed by atoms with Crippen molar-refractivity contribution >= 4 is 62.2 Å². The van der Waals surface area contributed by atoms with Gasteiger partial charge in [-0.05, 0) is 37.3 Å². The molecule has 10 heteroatoms. The summed E-state index contributed by atoms with van der Waals surface area (Å²) >= 11 is 8.67. The van der Waals surface area contributed by atoms with Gasteiger partial charge < -0.3 is 10.1 Å². The monoisotopic (exact) mass is 423 g/mol. The SMILES string of the molecule is CCOc1ccc(NC(=O)CSc2nc3cc(Cl)ccc3s2)c([N+](=O)[O-])c1. The van der Waals surface area contributed by atoms with Gasteiger partial charge in [0.05, 0.1) is 33.6 Å². The first-order valence-corrected chi connectivity index (χ1v) is 10.0. The summed E-state index contributed by atoms with van der Waals surface area (Å²) in [5.41, 5.74) is 0.691. The number of carbonyl (C=O) groups excluding carboxylic acids is 1. The molecule has 3 rings (SSSR count). The van der Waals surface area contributed by atoms with Crippen molar-refractivity contribution in [1.82, 2.24) is 4.98 Å². The van der Waals surface area contributed by atoms with Gasteiger partial charge in [-0.1, -0.05) is 23.4 Å². The molecule has 0 atom stereocenters. The minimum Gasteiger partial charge on any atom is -0.494 e. The van der Waals surface area contributed by atoms with E-state index in [4.69, 9.17) is 16.3 Å². The number of benzene rings is 2. The fourth-order valence-corrected chi connectivity index (χ4v) is 4.29. The predicted octanol–water partition coefficient (Wildman–Crippen LogP) is 4.99. The Bertz CT molecular complexity index is 1010. The number of hydrogen-bond donors (Lipinski definition) is 1. The number of carbonyl (C=O) groups is 1. The molecule has 1 heterocycles. The lowest BCUT2D eigenvalue weighted by molar-refractivity contribution is -0.384. The van der Waals surface area contributed by atoms with E-state index in [1.165, 1.54) is 35.2 Å². The van der Waals surface area contributed by atoms with Crippen LogP contribution in [0.3, 0.4) is 0 Å². The zero-order chi connectivity index (χ0) is 19.4. The van der Waals surface area contributed by atoms with E-state index in [9.17, 15) is 14.9 Å². The van der Waals surface area contributed by atoms with E-state index >= 15 is 0 Å². The van der Waals surface area contributed by atoms with Crippen molar-refractivity contribution in [1.29, 1.82) is 0 Å². The van der Waals surface area contributed by atoms with Gasteiger partial charge in [0.2, 0.25) is 5.91 Å². The number of rotatable bonds is 7. The van der Waals surface area contributed by atoms with Crippen LogP contribution < -0.4 is 10.1 Å². The number of fused-ring (bicyclic) bond motifs is 1. The predicted molar refractivity (Wildman–Crippen MR) is 108 cm³/mol. The quantitative estimate of drug-likeness (QED) is 0.327. The number of nitro benzene ring substituents is 1. The standard InChI is InChI=1S/C17H14ClN3O4S2/c1-2-25-11-4-5-12(14(8-11)21(23)24)19-16(22)9-26-17-20-13-7-10(18)3-6-15(13)27-17/h3-8H,2,9H2,1H3,(H,19,22). The molecule has 0 unspecified atom stereocenters. The largest absolute Gasteiger partial charge is 0.494 e. The minimum absolute atomic E-state index is 0.0813. The first kappa shape index (κ1) is 19.4. The van der Waals surface area contributed by atoms with Crippen LogP contribution in [0.1, 0.15) is 6.92 Å². The van der Waals surface area contributed by atoms with Gasteiger partial charge in [-0.25, -0.2) is 4.98 Å². The van der Waals surface area contributed by atoms with Crippen LogP contribution in [0.4, 0.5) is 11.4 Å². The van der Waals surface area contributed by atoms with Crippen molar-refractivity contribution in [2.24, 2.45) is 0 Å². The van der Waals surface area contributed by atoms with Gasteiger partial charge in [-0.15, -0.1) is 11.3 Å². The molecular formula is C17H14ClN3O4S2. The molecule has 3 aromatic rings. The number of hydrogen-bond acceptors (Lipinski definition) is 7. The number of ether oxygens (including phenoxy) is 1. The van der Waals surface area contributed by atoms with Gasteiger partial charge in [-0.2, -0.15) is 0 Å². The highest BCUT2D eigenvalue weighted by Gasteiger charge is 2.18. The number of nitrogens with one attached hydrogen (secondary N) is 1. The second-order valence-corrected chi connectivity index (χ2v) is 7.99.